The first-order chi connectivity index (χ1) is 12.1. The van der Waals surface area contributed by atoms with Gasteiger partial charge in [0.1, 0.15) is 6.54 Å². The number of nitrogens with zero attached hydrogens (tertiary/aromatic N) is 2. The predicted molar refractivity (Wildman–Crippen MR) is 118 cm³/mol. The van der Waals surface area contributed by atoms with Crippen molar-refractivity contribution in [1.29, 1.82) is 0 Å². The maximum atomic E-state index is 11.7. The molecule has 0 aliphatic carbocycles. The Morgan fingerprint density at radius 3 is 2.42 bits per heavy atom. The number of ether oxygens (including phenoxy) is 1. The number of nitrogens with one attached hydrogen (secondary N) is 3. The molecule has 3 N–H and O–H groups in total. The van der Waals surface area contributed by atoms with Gasteiger partial charge < -0.3 is 20.7 Å². The summed E-state index contributed by atoms with van der Waals surface area (Å²) < 4.78 is 5.47. The number of hydrogen-bond acceptors (Lipinski definition) is 4. The van der Waals surface area contributed by atoms with E-state index in [4.69, 9.17) is 4.74 Å². The molecule has 0 radical (unpaired) electrons. The van der Waals surface area contributed by atoms with Crippen LogP contribution in [0.2, 0.25) is 0 Å². The van der Waals surface area contributed by atoms with Gasteiger partial charge in [-0.25, -0.2) is 4.99 Å². The fraction of sp³-hybridized carbons (Fsp3) is 0.889. The molecule has 1 atom stereocenters. The number of morpholine rings is 1. The minimum absolute atomic E-state index is 0. The fourth-order valence-corrected chi connectivity index (χ4v) is 2.88. The highest BCUT2D eigenvalue weighted by atomic mass is 127. The summed E-state index contributed by atoms with van der Waals surface area (Å²) in [4.78, 5) is 18.6. The zero-order valence-corrected chi connectivity index (χ0v) is 19.2. The largest absolute Gasteiger partial charge is 0.379 e. The highest BCUT2D eigenvalue weighted by molar-refractivity contribution is 14.0. The Kier molecular flexibility index (Phi) is 15.1. The van der Waals surface area contributed by atoms with E-state index in [0.717, 1.165) is 52.2 Å². The number of amides is 1. The van der Waals surface area contributed by atoms with Gasteiger partial charge in [-0.2, -0.15) is 0 Å². The van der Waals surface area contributed by atoms with Gasteiger partial charge in [0.15, 0.2) is 5.96 Å². The van der Waals surface area contributed by atoms with Gasteiger partial charge in [-0.1, -0.05) is 20.8 Å². The summed E-state index contributed by atoms with van der Waals surface area (Å²) in [7, 11) is 0. The monoisotopic (exact) mass is 483 g/mol. The third-order valence-electron chi connectivity index (χ3n) is 4.11. The van der Waals surface area contributed by atoms with E-state index in [1.54, 1.807) is 0 Å². The molecule has 0 saturated carbocycles. The molecule has 1 unspecified atom stereocenters. The molecule has 8 heteroatoms. The zero-order chi connectivity index (χ0) is 18.5. The van der Waals surface area contributed by atoms with Crippen LogP contribution in [0, 0.1) is 5.92 Å². The number of carbonyl (C=O) groups is 1. The van der Waals surface area contributed by atoms with Crippen LogP contribution in [-0.2, 0) is 9.53 Å². The molecule has 0 aromatic carbocycles. The molecule has 1 saturated heterocycles. The Morgan fingerprint density at radius 2 is 1.85 bits per heavy atom. The molecule has 0 bridgehead atoms. The number of rotatable bonds is 10. The molecule has 0 aromatic rings. The lowest BCUT2D eigenvalue weighted by atomic mass is 10.0. The minimum atomic E-state index is -0.0361. The van der Waals surface area contributed by atoms with E-state index in [1.807, 2.05) is 13.8 Å². The molecule has 26 heavy (non-hydrogen) atoms. The second-order valence-electron chi connectivity index (χ2n) is 6.86. The average Bonchev–Trinajstić information content (AvgIpc) is 2.61. The molecule has 0 aromatic heterocycles. The lowest BCUT2D eigenvalue weighted by Gasteiger charge is -2.35. The van der Waals surface area contributed by atoms with Crippen molar-refractivity contribution in [2.75, 3.05) is 52.5 Å². The summed E-state index contributed by atoms with van der Waals surface area (Å²) in [5.74, 6) is 1.30. The summed E-state index contributed by atoms with van der Waals surface area (Å²) in [6.45, 7) is 14.6. The van der Waals surface area contributed by atoms with Crippen LogP contribution in [0.25, 0.3) is 0 Å². The number of guanidine groups is 1. The number of aliphatic imine (C=N–C) groups is 1. The highest BCUT2D eigenvalue weighted by Crippen LogP contribution is 2.12. The van der Waals surface area contributed by atoms with Gasteiger partial charge in [0.05, 0.1) is 13.2 Å². The Balaban J connectivity index is 0.00000625. The van der Waals surface area contributed by atoms with Gasteiger partial charge in [-0.05, 0) is 25.7 Å². The molecule has 1 heterocycles. The smallest absolute Gasteiger partial charge is 0.241 e. The van der Waals surface area contributed by atoms with Gasteiger partial charge in [-0.3, -0.25) is 9.69 Å². The van der Waals surface area contributed by atoms with Gasteiger partial charge in [0.25, 0.3) is 0 Å². The predicted octanol–water partition coefficient (Wildman–Crippen LogP) is 1.43. The minimum Gasteiger partial charge on any atom is -0.379 e. The Bertz CT molecular complexity index is 401. The van der Waals surface area contributed by atoms with Crippen LogP contribution in [-0.4, -0.2) is 75.3 Å². The fourth-order valence-electron chi connectivity index (χ4n) is 2.88. The van der Waals surface area contributed by atoms with Crippen LogP contribution in [0.4, 0.5) is 0 Å². The third kappa shape index (κ3) is 11.2. The number of halogens is 1. The van der Waals surface area contributed by atoms with Crippen LogP contribution >= 0.6 is 24.0 Å². The van der Waals surface area contributed by atoms with Crippen LogP contribution < -0.4 is 16.0 Å². The second-order valence-corrected chi connectivity index (χ2v) is 6.86. The van der Waals surface area contributed by atoms with E-state index in [9.17, 15) is 4.79 Å². The van der Waals surface area contributed by atoms with E-state index >= 15 is 0 Å². The normalized spacial score (nSPS) is 16.7. The topological polar surface area (TPSA) is 78.0 Å². The maximum absolute atomic E-state index is 11.7. The quantitative estimate of drug-likeness (QED) is 0.249. The second kappa shape index (κ2) is 15.4. The average molecular weight is 483 g/mol. The van der Waals surface area contributed by atoms with Crippen molar-refractivity contribution >= 4 is 35.8 Å². The molecule has 1 rings (SSSR count). The maximum Gasteiger partial charge on any atom is 0.241 e. The molecular weight excluding hydrogens is 445 g/mol. The van der Waals surface area contributed by atoms with Crippen molar-refractivity contribution in [1.82, 2.24) is 20.9 Å². The lowest BCUT2D eigenvalue weighted by molar-refractivity contribution is -0.119. The molecule has 154 valence electrons. The molecular formula is C18H38IN5O2. The summed E-state index contributed by atoms with van der Waals surface area (Å²) in [6, 6.07) is 0.446. The van der Waals surface area contributed by atoms with Gasteiger partial charge in [0.2, 0.25) is 5.91 Å². The highest BCUT2D eigenvalue weighted by Gasteiger charge is 2.22. The summed E-state index contributed by atoms with van der Waals surface area (Å²) >= 11 is 0. The van der Waals surface area contributed by atoms with Crippen LogP contribution in [0.15, 0.2) is 4.99 Å². The van der Waals surface area contributed by atoms with Crippen LogP contribution in [0.3, 0.4) is 0 Å². The van der Waals surface area contributed by atoms with Gasteiger partial charge >= 0.3 is 0 Å². The number of hydrogen-bond donors (Lipinski definition) is 3. The molecule has 1 fully saturated rings. The SMILES string of the molecule is CCCNC(=O)CN=C(NCC)NCC(CC(C)C)N1CCOCC1.I. The van der Waals surface area contributed by atoms with Crippen molar-refractivity contribution in [3.8, 4) is 0 Å². The summed E-state index contributed by atoms with van der Waals surface area (Å²) in [5.41, 5.74) is 0. The van der Waals surface area contributed by atoms with E-state index in [1.165, 1.54) is 0 Å². The first-order valence-corrected chi connectivity index (χ1v) is 9.67. The first-order valence-electron chi connectivity index (χ1n) is 9.67. The number of carbonyl (C=O) groups excluding carboxylic acids is 1. The van der Waals surface area contributed by atoms with Crippen molar-refractivity contribution in [3.63, 3.8) is 0 Å². The summed E-state index contributed by atoms with van der Waals surface area (Å²) in [5, 5.41) is 9.48. The Labute approximate surface area is 176 Å². The van der Waals surface area contributed by atoms with Crippen molar-refractivity contribution in [2.45, 2.75) is 46.6 Å². The van der Waals surface area contributed by atoms with Crippen molar-refractivity contribution in [2.24, 2.45) is 10.9 Å². The molecule has 7 nitrogen and oxygen atoms in total. The van der Waals surface area contributed by atoms with Gasteiger partial charge in [-0.15, -0.1) is 24.0 Å². The first kappa shape index (κ1) is 25.4. The van der Waals surface area contributed by atoms with E-state index in [-0.39, 0.29) is 36.4 Å². The van der Waals surface area contributed by atoms with Crippen molar-refractivity contribution in [3.05, 3.63) is 0 Å². The zero-order valence-electron chi connectivity index (χ0n) is 16.8. The molecule has 1 amide bonds. The molecule has 1 aliphatic heterocycles. The van der Waals surface area contributed by atoms with Crippen molar-refractivity contribution < 1.29 is 9.53 Å². The molecule has 1 aliphatic rings. The lowest BCUT2D eigenvalue weighted by Crippen LogP contribution is -2.51. The van der Waals surface area contributed by atoms with E-state index in [2.05, 4.69) is 39.7 Å². The van der Waals surface area contributed by atoms with E-state index in [0.29, 0.717) is 24.5 Å². The third-order valence-corrected chi connectivity index (χ3v) is 4.11. The summed E-state index contributed by atoms with van der Waals surface area (Å²) in [6.07, 6.45) is 2.06. The van der Waals surface area contributed by atoms with Crippen LogP contribution in [0.1, 0.15) is 40.5 Å². The van der Waals surface area contributed by atoms with Gasteiger partial charge in [0, 0.05) is 38.8 Å². The molecule has 0 spiro atoms. The van der Waals surface area contributed by atoms with E-state index < -0.39 is 0 Å². The Morgan fingerprint density at radius 1 is 1.15 bits per heavy atom. The standard InChI is InChI=1S/C18H37N5O2.HI/c1-5-7-20-17(24)14-22-18(19-6-2)21-13-16(12-15(3)4)23-8-10-25-11-9-23;/h15-16H,5-14H2,1-4H3,(H,20,24)(H2,19,21,22);1H. The Hall–Kier alpha value is -0.610. The van der Waals surface area contributed by atoms with Crippen LogP contribution in [0.5, 0.6) is 0 Å².